The number of ketones is 1. The summed E-state index contributed by atoms with van der Waals surface area (Å²) >= 11 is 0. The molecule has 0 fully saturated rings. The molecule has 0 saturated heterocycles. The first-order valence-electron chi connectivity index (χ1n) is 9.79. The molecule has 0 aliphatic carbocycles. The number of phenolic OH excluding ortho intramolecular Hbond substituents is 1. The van der Waals surface area contributed by atoms with E-state index in [4.69, 9.17) is 4.74 Å². The summed E-state index contributed by atoms with van der Waals surface area (Å²) in [6.45, 7) is 5.28. The van der Waals surface area contributed by atoms with Crippen LogP contribution < -0.4 is 0 Å². The molecule has 1 aliphatic heterocycles. The lowest BCUT2D eigenvalue weighted by atomic mass is 9.82. The molecular weight excluding hydrogens is 398 g/mol. The van der Waals surface area contributed by atoms with Gasteiger partial charge in [0.05, 0.1) is 24.3 Å². The van der Waals surface area contributed by atoms with Gasteiger partial charge < -0.3 is 19.8 Å². The molecule has 2 aromatic rings. The molecular formula is C24H25NO6. The summed E-state index contributed by atoms with van der Waals surface area (Å²) in [5.74, 6) is -1.97. The fourth-order valence-corrected chi connectivity index (χ4v) is 3.52. The topological polar surface area (TPSA) is 104 Å². The Labute approximate surface area is 180 Å². The molecule has 31 heavy (non-hydrogen) atoms. The molecule has 162 valence electrons. The minimum absolute atomic E-state index is 0.0365. The van der Waals surface area contributed by atoms with Crippen LogP contribution in [-0.4, -0.2) is 39.9 Å². The van der Waals surface area contributed by atoms with Crippen LogP contribution in [-0.2, 0) is 20.9 Å². The fraction of sp³-hybridized carbons (Fsp3) is 0.292. The highest BCUT2D eigenvalue weighted by Crippen LogP contribution is 2.41. The van der Waals surface area contributed by atoms with Crippen LogP contribution in [0.5, 0.6) is 5.75 Å². The van der Waals surface area contributed by atoms with Gasteiger partial charge in [-0.3, -0.25) is 9.59 Å². The van der Waals surface area contributed by atoms with Crippen molar-refractivity contribution in [1.29, 1.82) is 0 Å². The van der Waals surface area contributed by atoms with Crippen molar-refractivity contribution in [2.45, 2.75) is 33.4 Å². The van der Waals surface area contributed by atoms with Crippen LogP contribution in [0.15, 0.2) is 59.9 Å². The number of aliphatic hydroxyl groups excluding tert-OH is 1. The first-order chi connectivity index (χ1) is 14.5. The Morgan fingerprint density at radius 2 is 1.58 bits per heavy atom. The van der Waals surface area contributed by atoms with Crippen molar-refractivity contribution in [2.75, 3.05) is 7.11 Å². The van der Waals surface area contributed by atoms with Gasteiger partial charge in [0.1, 0.15) is 5.75 Å². The number of amides is 1. The second-order valence-corrected chi connectivity index (χ2v) is 8.46. The lowest BCUT2D eigenvalue weighted by Crippen LogP contribution is -2.32. The highest BCUT2D eigenvalue weighted by atomic mass is 16.5. The Kier molecular flexibility index (Phi) is 5.88. The number of aliphatic hydroxyl groups is 1. The highest BCUT2D eigenvalue weighted by molar-refractivity contribution is 6.10. The summed E-state index contributed by atoms with van der Waals surface area (Å²) in [6, 6.07) is 11.9. The van der Waals surface area contributed by atoms with Crippen LogP contribution in [0, 0.1) is 5.41 Å². The predicted octanol–water partition coefficient (Wildman–Crippen LogP) is 3.69. The fourth-order valence-electron chi connectivity index (χ4n) is 3.52. The van der Waals surface area contributed by atoms with Gasteiger partial charge in [-0.05, 0) is 35.4 Å². The van der Waals surface area contributed by atoms with E-state index in [9.17, 15) is 24.6 Å². The van der Waals surface area contributed by atoms with Gasteiger partial charge in [-0.15, -0.1) is 0 Å². The van der Waals surface area contributed by atoms with Gasteiger partial charge in [-0.1, -0.05) is 45.0 Å². The number of rotatable bonds is 5. The summed E-state index contributed by atoms with van der Waals surface area (Å²) in [7, 11) is 1.30. The molecule has 7 heteroatoms. The van der Waals surface area contributed by atoms with Crippen molar-refractivity contribution in [2.24, 2.45) is 5.41 Å². The quantitative estimate of drug-likeness (QED) is 0.711. The average molecular weight is 423 g/mol. The van der Waals surface area contributed by atoms with Crippen molar-refractivity contribution in [3.63, 3.8) is 0 Å². The van der Waals surface area contributed by atoms with Crippen molar-refractivity contribution in [3.05, 3.63) is 76.6 Å². The van der Waals surface area contributed by atoms with Crippen LogP contribution >= 0.6 is 0 Å². The number of carbonyl (C=O) groups is 3. The van der Waals surface area contributed by atoms with Crippen LogP contribution in [0.3, 0.4) is 0 Å². The van der Waals surface area contributed by atoms with Gasteiger partial charge in [0.25, 0.3) is 5.91 Å². The molecule has 1 unspecified atom stereocenters. The molecule has 0 spiro atoms. The first-order valence-corrected chi connectivity index (χ1v) is 9.79. The van der Waals surface area contributed by atoms with Crippen LogP contribution in [0.2, 0.25) is 0 Å². The third-order valence-electron chi connectivity index (χ3n) is 5.17. The number of aromatic hydroxyl groups is 1. The van der Waals surface area contributed by atoms with E-state index in [1.54, 1.807) is 57.2 Å². The number of Topliss-reactive ketones (excluding diaryl/α,β-unsaturated/α-hetero) is 1. The number of phenols is 1. The Bertz CT molecular complexity index is 1040. The molecule has 1 amide bonds. The Hall–Kier alpha value is -3.61. The number of benzene rings is 2. The minimum atomic E-state index is -0.809. The summed E-state index contributed by atoms with van der Waals surface area (Å²) in [4.78, 5) is 39.2. The van der Waals surface area contributed by atoms with E-state index in [2.05, 4.69) is 0 Å². The summed E-state index contributed by atoms with van der Waals surface area (Å²) < 4.78 is 4.70. The molecule has 7 nitrogen and oxygen atoms in total. The maximum Gasteiger partial charge on any atom is 0.337 e. The van der Waals surface area contributed by atoms with E-state index < -0.39 is 29.1 Å². The number of ether oxygens (including phenoxy) is 1. The second kappa shape index (κ2) is 8.26. The minimum Gasteiger partial charge on any atom is -0.508 e. The summed E-state index contributed by atoms with van der Waals surface area (Å²) in [6.07, 6.45) is 0. The van der Waals surface area contributed by atoms with Crippen LogP contribution in [0.1, 0.15) is 48.3 Å². The van der Waals surface area contributed by atoms with Crippen molar-refractivity contribution < 1.29 is 29.3 Å². The van der Waals surface area contributed by atoms with Crippen LogP contribution in [0.4, 0.5) is 0 Å². The van der Waals surface area contributed by atoms with Gasteiger partial charge in [0.2, 0.25) is 0 Å². The molecule has 1 aliphatic rings. The van der Waals surface area contributed by atoms with E-state index in [0.29, 0.717) is 16.7 Å². The smallest absolute Gasteiger partial charge is 0.337 e. The average Bonchev–Trinajstić information content (AvgIpc) is 2.98. The number of nitrogens with zero attached hydrogens (tertiary/aromatic N) is 1. The van der Waals surface area contributed by atoms with Crippen LogP contribution in [0.25, 0.3) is 0 Å². The SMILES string of the molecule is COC(=O)c1ccc(CN2C(=O)C(O)=C(C(=O)C(C)(C)C)C2c2ccc(O)cc2)cc1. The van der Waals surface area contributed by atoms with Crippen molar-refractivity contribution >= 4 is 17.7 Å². The van der Waals surface area contributed by atoms with E-state index in [1.165, 1.54) is 24.1 Å². The third kappa shape index (κ3) is 4.30. The van der Waals surface area contributed by atoms with E-state index >= 15 is 0 Å². The number of carbonyl (C=O) groups excluding carboxylic acids is 3. The molecule has 3 rings (SSSR count). The van der Waals surface area contributed by atoms with Crippen molar-refractivity contribution in [3.8, 4) is 5.75 Å². The van der Waals surface area contributed by atoms with Crippen molar-refractivity contribution in [1.82, 2.24) is 4.90 Å². The molecule has 1 atom stereocenters. The molecule has 2 aromatic carbocycles. The second-order valence-electron chi connectivity index (χ2n) is 8.46. The molecule has 0 radical (unpaired) electrons. The maximum absolute atomic E-state index is 13.1. The van der Waals surface area contributed by atoms with Gasteiger partial charge in [-0.2, -0.15) is 0 Å². The normalized spacial score (nSPS) is 16.6. The number of methoxy groups -OCH3 is 1. The number of hydrogen-bond acceptors (Lipinski definition) is 6. The number of hydrogen-bond donors (Lipinski definition) is 2. The Morgan fingerprint density at radius 3 is 2.10 bits per heavy atom. The summed E-state index contributed by atoms with van der Waals surface area (Å²) in [5.41, 5.74) is 0.903. The van der Waals surface area contributed by atoms with Gasteiger partial charge in [0.15, 0.2) is 11.5 Å². The van der Waals surface area contributed by atoms with E-state index in [0.717, 1.165) is 0 Å². The molecule has 2 N–H and O–H groups in total. The highest BCUT2D eigenvalue weighted by Gasteiger charge is 2.45. The molecule has 0 saturated carbocycles. The van der Waals surface area contributed by atoms with E-state index in [-0.39, 0.29) is 23.7 Å². The monoisotopic (exact) mass is 423 g/mol. The molecule has 0 aromatic heterocycles. The zero-order chi connectivity index (χ0) is 22.9. The largest absolute Gasteiger partial charge is 0.508 e. The Morgan fingerprint density at radius 1 is 1.00 bits per heavy atom. The number of esters is 1. The predicted molar refractivity (Wildman–Crippen MR) is 113 cm³/mol. The maximum atomic E-state index is 13.1. The third-order valence-corrected chi connectivity index (χ3v) is 5.17. The Balaban J connectivity index is 2.02. The first kappa shape index (κ1) is 22.1. The summed E-state index contributed by atoms with van der Waals surface area (Å²) in [5, 5.41) is 20.3. The zero-order valence-corrected chi connectivity index (χ0v) is 17.9. The lowest BCUT2D eigenvalue weighted by molar-refractivity contribution is -0.130. The molecule has 1 heterocycles. The standard InChI is InChI=1S/C24H25NO6/c1-24(2,3)21(28)18-19(15-9-11-17(26)12-10-15)25(22(29)20(18)27)13-14-5-7-16(8-6-14)23(30)31-4/h5-12,19,26-27H,13H2,1-4H3. The van der Waals surface area contributed by atoms with E-state index in [1.807, 2.05) is 0 Å². The van der Waals surface area contributed by atoms with Gasteiger partial charge >= 0.3 is 5.97 Å². The van der Waals surface area contributed by atoms with Gasteiger partial charge in [-0.25, -0.2) is 4.79 Å². The lowest BCUT2D eigenvalue weighted by Gasteiger charge is -2.29. The van der Waals surface area contributed by atoms with Gasteiger partial charge in [0, 0.05) is 12.0 Å². The molecule has 0 bridgehead atoms. The zero-order valence-electron chi connectivity index (χ0n) is 17.9.